The highest BCUT2D eigenvalue weighted by Crippen LogP contribution is 2.23. The molecule has 4 nitrogen and oxygen atoms in total. The number of hydrogen-bond donors (Lipinski definition) is 0. The average Bonchev–Trinajstić information content (AvgIpc) is 3.07. The van der Waals surface area contributed by atoms with Gasteiger partial charge >= 0.3 is 0 Å². The molecule has 2 aromatic rings. The molecule has 1 aliphatic rings. The van der Waals surface area contributed by atoms with Gasteiger partial charge in [-0.25, -0.2) is 0 Å². The minimum Gasteiger partial charge on any atom is -0.482 e. The quantitative estimate of drug-likeness (QED) is 0.830. The zero-order chi connectivity index (χ0) is 16.1. The SMILES string of the molecule is O=C(COc1ccccc1Cl)N1CCN(Cc2cccs2)CC1. The summed E-state index contributed by atoms with van der Waals surface area (Å²) in [4.78, 5) is 17.9. The van der Waals surface area contributed by atoms with E-state index in [9.17, 15) is 4.79 Å². The van der Waals surface area contributed by atoms with Crippen molar-refractivity contribution in [1.29, 1.82) is 0 Å². The summed E-state index contributed by atoms with van der Waals surface area (Å²) in [5, 5.41) is 2.63. The Hall–Kier alpha value is -1.56. The van der Waals surface area contributed by atoms with Crippen molar-refractivity contribution < 1.29 is 9.53 Å². The summed E-state index contributed by atoms with van der Waals surface area (Å²) in [6, 6.07) is 11.4. The summed E-state index contributed by atoms with van der Waals surface area (Å²) in [7, 11) is 0. The third-order valence-corrected chi connectivity index (χ3v) is 5.05. The van der Waals surface area contributed by atoms with Gasteiger partial charge in [0.1, 0.15) is 5.75 Å². The number of thiophene rings is 1. The second-order valence-electron chi connectivity index (χ2n) is 5.46. The third-order valence-electron chi connectivity index (χ3n) is 3.87. The second kappa shape index (κ2) is 7.81. The summed E-state index contributed by atoms with van der Waals surface area (Å²) < 4.78 is 5.53. The molecule has 1 saturated heterocycles. The number of piperazine rings is 1. The van der Waals surface area contributed by atoms with Gasteiger partial charge in [0.2, 0.25) is 0 Å². The fraction of sp³-hybridized carbons (Fsp3) is 0.353. The Morgan fingerprint density at radius 3 is 2.61 bits per heavy atom. The van der Waals surface area contributed by atoms with Gasteiger partial charge in [-0.3, -0.25) is 9.69 Å². The highest BCUT2D eigenvalue weighted by Gasteiger charge is 2.21. The van der Waals surface area contributed by atoms with Crippen molar-refractivity contribution in [3.05, 3.63) is 51.7 Å². The van der Waals surface area contributed by atoms with Gasteiger partial charge < -0.3 is 9.64 Å². The van der Waals surface area contributed by atoms with E-state index in [2.05, 4.69) is 22.4 Å². The van der Waals surface area contributed by atoms with E-state index < -0.39 is 0 Å². The number of rotatable bonds is 5. The maximum atomic E-state index is 12.2. The number of para-hydroxylation sites is 1. The molecule has 0 aliphatic carbocycles. The fourth-order valence-corrected chi connectivity index (χ4v) is 3.51. The monoisotopic (exact) mass is 350 g/mol. The maximum absolute atomic E-state index is 12.2. The van der Waals surface area contributed by atoms with E-state index in [1.807, 2.05) is 17.0 Å². The van der Waals surface area contributed by atoms with Gasteiger partial charge in [0.05, 0.1) is 5.02 Å². The van der Waals surface area contributed by atoms with Gasteiger partial charge in [-0.05, 0) is 23.6 Å². The van der Waals surface area contributed by atoms with E-state index in [0.717, 1.165) is 32.7 Å². The molecule has 1 amide bonds. The molecule has 2 heterocycles. The van der Waals surface area contributed by atoms with Crippen LogP contribution in [0.4, 0.5) is 0 Å². The van der Waals surface area contributed by atoms with Gasteiger partial charge in [0.25, 0.3) is 5.91 Å². The first-order valence-corrected chi connectivity index (χ1v) is 8.88. The Morgan fingerprint density at radius 2 is 1.91 bits per heavy atom. The summed E-state index contributed by atoms with van der Waals surface area (Å²) in [5.74, 6) is 0.569. The lowest BCUT2D eigenvalue weighted by Crippen LogP contribution is -2.49. The van der Waals surface area contributed by atoms with E-state index in [-0.39, 0.29) is 12.5 Å². The fourth-order valence-electron chi connectivity index (χ4n) is 2.57. The molecule has 0 bridgehead atoms. The number of ether oxygens (including phenoxy) is 1. The van der Waals surface area contributed by atoms with Crippen LogP contribution in [0.25, 0.3) is 0 Å². The lowest BCUT2D eigenvalue weighted by molar-refractivity contribution is -0.135. The number of carbonyl (C=O) groups excluding carboxylic acids is 1. The highest BCUT2D eigenvalue weighted by molar-refractivity contribution is 7.09. The van der Waals surface area contributed by atoms with Crippen LogP contribution < -0.4 is 4.74 Å². The molecule has 0 N–H and O–H groups in total. The van der Waals surface area contributed by atoms with Crippen LogP contribution in [0.15, 0.2) is 41.8 Å². The molecule has 3 rings (SSSR count). The molecule has 1 fully saturated rings. The number of amides is 1. The second-order valence-corrected chi connectivity index (χ2v) is 6.89. The minimum atomic E-state index is 0.0145. The summed E-state index contributed by atoms with van der Waals surface area (Å²) in [5.41, 5.74) is 0. The molecule has 6 heteroatoms. The van der Waals surface area contributed by atoms with Gasteiger partial charge in [-0.1, -0.05) is 29.8 Å². The van der Waals surface area contributed by atoms with E-state index in [1.54, 1.807) is 23.5 Å². The van der Waals surface area contributed by atoms with Gasteiger partial charge in [0.15, 0.2) is 6.61 Å². The maximum Gasteiger partial charge on any atom is 0.260 e. The summed E-state index contributed by atoms with van der Waals surface area (Å²) >= 11 is 7.80. The zero-order valence-corrected chi connectivity index (χ0v) is 14.4. The highest BCUT2D eigenvalue weighted by atomic mass is 35.5. The largest absolute Gasteiger partial charge is 0.482 e. The van der Waals surface area contributed by atoms with Gasteiger partial charge in [0, 0.05) is 37.6 Å². The number of nitrogens with zero attached hydrogens (tertiary/aromatic N) is 2. The van der Waals surface area contributed by atoms with Crippen LogP contribution in [-0.2, 0) is 11.3 Å². The number of hydrogen-bond acceptors (Lipinski definition) is 4. The molecule has 122 valence electrons. The van der Waals surface area contributed by atoms with E-state index in [4.69, 9.17) is 16.3 Å². The molecule has 1 aromatic carbocycles. The number of benzene rings is 1. The Bertz CT molecular complexity index is 640. The Balaban J connectivity index is 1.44. The van der Waals surface area contributed by atoms with Crippen LogP contribution in [0.1, 0.15) is 4.88 Å². The Labute approximate surface area is 145 Å². The van der Waals surface area contributed by atoms with Gasteiger partial charge in [-0.15, -0.1) is 11.3 Å². The molecule has 0 unspecified atom stereocenters. The van der Waals surface area contributed by atoms with Gasteiger partial charge in [-0.2, -0.15) is 0 Å². The van der Waals surface area contributed by atoms with Crippen molar-refractivity contribution in [3.8, 4) is 5.75 Å². The van der Waals surface area contributed by atoms with Crippen LogP contribution in [0.3, 0.4) is 0 Å². The zero-order valence-electron chi connectivity index (χ0n) is 12.8. The lowest BCUT2D eigenvalue weighted by Gasteiger charge is -2.34. The van der Waals surface area contributed by atoms with Crippen molar-refractivity contribution in [1.82, 2.24) is 9.80 Å². The molecule has 1 aromatic heterocycles. The predicted molar refractivity (Wildman–Crippen MR) is 93.1 cm³/mol. The summed E-state index contributed by atoms with van der Waals surface area (Å²) in [6.07, 6.45) is 0. The predicted octanol–water partition coefficient (Wildman–Crippen LogP) is 3.12. The number of carbonyl (C=O) groups is 1. The van der Waals surface area contributed by atoms with Crippen LogP contribution in [-0.4, -0.2) is 48.5 Å². The molecular formula is C17H19ClN2O2S. The lowest BCUT2D eigenvalue weighted by atomic mass is 10.3. The molecule has 0 atom stereocenters. The molecular weight excluding hydrogens is 332 g/mol. The first-order valence-electron chi connectivity index (χ1n) is 7.62. The molecule has 0 saturated carbocycles. The first kappa shape index (κ1) is 16.3. The normalized spacial score (nSPS) is 15.6. The Morgan fingerprint density at radius 1 is 1.13 bits per heavy atom. The standard InChI is InChI=1S/C17H19ClN2O2S/c18-15-5-1-2-6-16(15)22-13-17(21)20-9-7-19(8-10-20)12-14-4-3-11-23-14/h1-6,11H,7-10,12-13H2. The first-order chi connectivity index (χ1) is 11.2. The van der Waals surface area contributed by atoms with E-state index in [1.165, 1.54) is 4.88 Å². The minimum absolute atomic E-state index is 0.0145. The van der Waals surface area contributed by atoms with Crippen LogP contribution >= 0.6 is 22.9 Å². The average molecular weight is 351 g/mol. The van der Waals surface area contributed by atoms with E-state index in [0.29, 0.717) is 10.8 Å². The van der Waals surface area contributed by atoms with Crippen molar-refractivity contribution in [2.45, 2.75) is 6.54 Å². The number of halogens is 1. The summed E-state index contributed by atoms with van der Waals surface area (Å²) in [6.45, 7) is 4.29. The Kier molecular flexibility index (Phi) is 5.54. The smallest absolute Gasteiger partial charge is 0.260 e. The topological polar surface area (TPSA) is 32.8 Å². The van der Waals surface area contributed by atoms with E-state index >= 15 is 0 Å². The van der Waals surface area contributed by atoms with Crippen LogP contribution in [0, 0.1) is 0 Å². The molecule has 0 radical (unpaired) electrons. The van der Waals surface area contributed by atoms with Crippen molar-refractivity contribution in [3.63, 3.8) is 0 Å². The third kappa shape index (κ3) is 4.47. The molecule has 23 heavy (non-hydrogen) atoms. The van der Waals surface area contributed by atoms with Crippen molar-refractivity contribution in [2.24, 2.45) is 0 Å². The molecule has 1 aliphatic heterocycles. The van der Waals surface area contributed by atoms with Crippen LogP contribution in [0.5, 0.6) is 5.75 Å². The van der Waals surface area contributed by atoms with Crippen LogP contribution in [0.2, 0.25) is 5.02 Å². The van der Waals surface area contributed by atoms with Crippen molar-refractivity contribution >= 4 is 28.8 Å². The molecule has 0 spiro atoms. The van der Waals surface area contributed by atoms with Crippen molar-refractivity contribution in [2.75, 3.05) is 32.8 Å².